The summed E-state index contributed by atoms with van der Waals surface area (Å²) in [5.41, 5.74) is -3.47. The molecule has 1 aliphatic heterocycles. The van der Waals surface area contributed by atoms with Crippen molar-refractivity contribution in [2.24, 2.45) is 5.41 Å². The van der Waals surface area contributed by atoms with Crippen LogP contribution in [0.15, 0.2) is 29.2 Å². The molecule has 36 heavy (non-hydrogen) atoms. The van der Waals surface area contributed by atoms with Gasteiger partial charge in [0, 0.05) is 31.5 Å². The molecule has 1 aromatic carbocycles. The van der Waals surface area contributed by atoms with E-state index in [2.05, 4.69) is 5.32 Å². The van der Waals surface area contributed by atoms with Crippen molar-refractivity contribution < 1.29 is 47.3 Å². The minimum absolute atomic E-state index is 0.0313. The first-order chi connectivity index (χ1) is 16.8. The van der Waals surface area contributed by atoms with Crippen LogP contribution in [-0.4, -0.2) is 63.7 Å². The van der Waals surface area contributed by atoms with Crippen molar-refractivity contribution in [2.45, 2.75) is 26.1 Å². The number of nitrogens with zero attached hydrogens (tertiary/aromatic N) is 1. The van der Waals surface area contributed by atoms with Gasteiger partial charge in [-0.25, -0.2) is 8.78 Å². The molecule has 3 rings (SSSR count). The highest BCUT2D eigenvalue weighted by Gasteiger charge is 2.48. The van der Waals surface area contributed by atoms with Crippen LogP contribution >= 0.6 is 7.60 Å². The lowest BCUT2D eigenvalue weighted by molar-refractivity contribution is -0.0515. The number of hydrogen-bond donors (Lipinski definition) is 4. The summed E-state index contributed by atoms with van der Waals surface area (Å²) in [6.45, 7) is 0.374. The lowest BCUT2D eigenvalue weighted by atomic mass is 9.76. The van der Waals surface area contributed by atoms with E-state index in [0.29, 0.717) is 6.07 Å². The Morgan fingerprint density at radius 1 is 1.31 bits per heavy atom. The van der Waals surface area contributed by atoms with E-state index < -0.39 is 65.3 Å². The number of ether oxygens (including phenoxy) is 2. The lowest BCUT2D eigenvalue weighted by Crippen LogP contribution is -2.52. The summed E-state index contributed by atoms with van der Waals surface area (Å²) in [6, 6.07) is 2.78. The number of Topliss-reactive ketones (excluding diaryl/α,β-unsaturated/α-hetero) is 1. The van der Waals surface area contributed by atoms with Gasteiger partial charge < -0.3 is 34.3 Å². The number of ketones is 1. The number of halogens is 2. The number of nitrogens with one attached hydrogen (secondary N) is 1. The third-order valence-electron chi connectivity index (χ3n) is 5.98. The maximum absolute atomic E-state index is 13.8. The van der Waals surface area contributed by atoms with Crippen molar-refractivity contribution >= 4 is 19.3 Å². The van der Waals surface area contributed by atoms with Crippen molar-refractivity contribution in [3.63, 3.8) is 0 Å². The van der Waals surface area contributed by atoms with Gasteiger partial charge in [0.2, 0.25) is 5.43 Å². The van der Waals surface area contributed by atoms with E-state index in [-0.39, 0.29) is 37.6 Å². The number of benzene rings is 1. The monoisotopic (exact) mass is 530 g/mol. The highest BCUT2D eigenvalue weighted by molar-refractivity contribution is 7.51. The molecule has 2 heterocycles. The van der Waals surface area contributed by atoms with Crippen LogP contribution in [0.3, 0.4) is 0 Å². The van der Waals surface area contributed by atoms with Crippen LogP contribution in [-0.2, 0) is 27.1 Å². The Labute approximate surface area is 203 Å². The number of aromatic hydroxyl groups is 1. The van der Waals surface area contributed by atoms with Crippen molar-refractivity contribution in [3.05, 3.63) is 63.1 Å². The van der Waals surface area contributed by atoms with Crippen LogP contribution in [0.5, 0.6) is 5.75 Å². The molecule has 0 spiro atoms. The number of aromatic nitrogens is 1. The third kappa shape index (κ3) is 5.71. The zero-order valence-corrected chi connectivity index (χ0v) is 20.3. The van der Waals surface area contributed by atoms with E-state index in [1.807, 2.05) is 0 Å². The predicted molar refractivity (Wildman–Crippen MR) is 121 cm³/mol. The molecule has 14 heteroatoms. The van der Waals surface area contributed by atoms with Gasteiger partial charge in [-0.15, -0.1) is 0 Å². The normalized spacial score (nSPS) is 19.7. The molecule has 1 amide bonds. The van der Waals surface area contributed by atoms with Crippen LogP contribution in [0.2, 0.25) is 0 Å². The summed E-state index contributed by atoms with van der Waals surface area (Å²) in [5, 5.41) is 12.9. The van der Waals surface area contributed by atoms with E-state index >= 15 is 0 Å². The van der Waals surface area contributed by atoms with Gasteiger partial charge in [-0.3, -0.25) is 18.9 Å². The van der Waals surface area contributed by atoms with Crippen LogP contribution in [0.4, 0.5) is 8.78 Å². The Hall–Kier alpha value is -2.96. The molecule has 0 aliphatic carbocycles. The van der Waals surface area contributed by atoms with Gasteiger partial charge in [-0.2, -0.15) is 0 Å². The zero-order valence-electron chi connectivity index (χ0n) is 19.4. The zero-order chi connectivity index (χ0) is 26.8. The molecule has 11 nitrogen and oxygen atoms in total. The Bertz CT molecular complexity index is 1290. The fourth-order valence-electron chi connectivity index (χ4n) is 3.89. The Morgan fingerprint density at radius 2 is 2.00 bits per heavy atom. The molecule has 0 saturated heterocycles. The molecule has 196 valence electrons. The molecule has 2 unspecified atom stereocenters. The molecule has 2 atom stereocenters. The van der Waals surface area contributed by atoms with Crippen molar-refractivity contribution in [3.8, 4) is 5.75 Å². The summed E-state index contributed by atoms with van der Waals surface area (Å²) >= 11 is 0. The van der Waals surface area contributed by atoms with E-state index in [4.69, 9.17) is 19.3 Å². The fourth-order valence-corrected chi connectivity index (χ4v) is 4.25. The van der Waals surface area contributed by atoms with Crippen LogP contribution in [0.25, 0.3) is 0 Å². The summed E-state index contributed by atoms with van der Waals surface area (Å²) in [5.74, 6) is -4.35. The molecule has 1 aromatic heterocycles. The molecular weight excluding hydrogens is 505 g/mol. The highest BCUT2D eigenvalue weighted by Crippen LogP contribution is 2.38. The second-order valence-electron chi connectivity index (χ2n) is 8.55. The first-order valence-corrected chi connectivity index (χ1v) is 12.5. The molecular formula is C22H25F2N2O9P. The number of amides is 1. The van der Waals surface area contributed by atoms with Gasteiger partial charge in [0.05, 0.1) is 37.4 Å². The maximum atomic E-state index is 13.8. The Morgan fingerprint density at radius 3 is 2.61 bits per heavy atom. The molecule has 0 fully saturated rings. The van der Waals surface area contributed by atoms with Crippen molar-refractivity contribution in [1.29, 1.82) is 0 Å². The maximum Gasteiger partial charge on any atom is 0.327 e. The number of hydrogen-bond acceptors (Lipinski definition) is 7. The minimum atomic E-state index is -4.31. The number of rotatable bonds is 9. The Balaban J connectivity index is 1.86. The summed E-state index contributed by atoms with van der Waals surface area (Å²) in [6.07, 6.45) is -0.332. The van der Waals surface area contributed by atoms with Crippen molar-refractivity contribution in [1.82, 2.24) is 9.88 Å². The van der Waals surface area contributed by atoms with Crippen LogP contribution in [0, 0.1) is 17.0 Å². The summed E-state index contributed by atoms with van der Waals surface area (Å²) in [4.78, 5) is 56.6. The number of carbonyl (C=O) groups is 2. The number of fused-ring (bicyclic) bond motifs is 1. The molecule has 4 N–H and O–H groups in total. The largest absolute Gasteiger partial charge is 0.503 e. The number of pyridine rings is 1. The average molecular weight is 530 g/mol. The molecule has 2 aromatic rings. The average Bonchev–Trinajstić information content (AvgIpc) is 2.80. The predicted octanol–water partition coefficient (Wildman–Crippen LogP) is 1.17. The smallest absolute Gasteiger partial charge is 0.327 e. The van der Waals surface area contributed by atoms with Crippen molar-refractivity contribution in [2.75, 3.05) is 26.5 Å². The minimum Gasteiger partial charge on any atom is -0.503 e. The topological polar surface area (TPSA) is 164 Å². The van der Waals surface area contributed by atoms with E-state index in [0.717, 1.165) is 18.3 Å². The second kappa shape index (κ2) is 10.6. The molecule has 0 radical (unpaired) electrons. The number of methoxy groups -OCH3 is 1. The molecule has 1 aliphatic rings. The lowest BCUT2D eigenvalue weighted by Gasteiger charge is -2.40. The first-order valence-electron chi connectivity index (χ1n) is 10.7. The van der Waals surface area contributed by atoms with Gasteiger partial charge in [0.25, 0.3) is 5.91 Å². The first kappa shape index (κ1) is 27.6. The molecule has 0 saturated carbocycles. The fraction of sp³-hybridized carbons (Fsp3) is 0.409. The van der Waals surface area contributed by atoms with E-state index in [1.54, 1.807) is 0 Å². The van der Waals surface area contributed by atoms with Gasteiger partial charge in [0.1, 0.15) is 22.9 Å². The Kier molecular flexibility index (Phi) is 8.11. The second-order valence-corrected chi connectivity index (χ2v) is 10.3. The van der Waals surface area contributed by atoms with E-state index in [9.17, 15) is 32.8 Å². The van der Waals surface area contributed by atoms with Gasteiger partial charge in [-0.1, -0.05) is 6.07 Å². The van der Waals surface area contributed by atoms with E-state index in [1.165, 1.54) is 18.6 Å². The van der Waals surface area contributed by atoms with Crippen LogP contribution < -0.4 is 10.7 Å². The number of carbonyl (C=O) groups excluding carboxylic acids is 2. The van der Waals surface area contributed by atoms with Gasteiger partial charge in [-0.05, 0) is 13.0 Å². The standard InChI is InChI=1S/C22H25F2N2O9P/c1-22(11-35-5-6-36(31,32)33)16(34-2)10-26-9-14(18(27)19(28)17(26)20(22)29)21(30)25-8-12-3-4-13(23)7-15(12)24/h3-4,7,9,16,28H,5-6,8,10-11H2,1-2H3,(H,25,30)(H2,31,32,33). The third-order valence-corrected chi connectivity index (χ3v) is 6.74. The van der Waals surface area contributed by atoms with Gasteiger partial charge in [0.15, 0.2) is 11.5 Å². The summed E-state index contributed by atoms with van der Waals surface area (Å²) in [7, 11) is -2.99. The molecule has 0 bridgehead atoms. The summed E-state index contributed by atoms with van der Waals surface area (Å²) < 4.78 is 49.9. The highest BCUT2D eigenvalue weighted by atomic mass is 31.2. The SMILES string of the molecule is COC1Cn2cc(C(=O)NCc3ccc(F)cc3F)c(=O)c(O)c2C(=O)C1(C)COCCP(=O)(O)O. The van der Waals surface area contributed by atoms with Gasteiger partial charge >= 0.3 is 7.60 Å². The quantitative estimate of drug-likeness (QED) is 0.275. The van der Waals surface area contributed by atoms with Crippen LogP contribution in [0.1, 0.15) is 33.3 Å².